The Bertz CT molecular complexity index is 310. The fraction of sp³-hybridized carbons (Fsp3) is 0.125. The summed E-state index contributed by atoms with van der Waals surface area (Å²) in [6, 6.07) is 3.27. The summed E-state index contributed by atoms with van der Waals surface area (Å²) in [6.45, 7) is 1.38. The normalized spacial score (nSPS) is 9.08. The fourth-order valence-corrected chi connectivity index (χ4v) is 0.807. The summed E-state index contributed by atoms with van der Waals surface area (Å²) in [4.78, 5) is 24.8. The SMILES string of the molecule is CC(=O)Nc1cccnc1C=O. The molecule has 1 aromatic rings. The van der Waals surface area contributed by atoms with E-state index in [1.54, 1.807) is 12.1 Å². The third-order valence-corrected chi connectivity index (χ3v) is 1.26. The molecule has 0 spiro atoms. The van der Waals surface area contributed by atoms with Crippen molar-refractivity contribution in [2.75, 3.05) is 5.32 Å². The molecule has 4 nitrogen and oxygen atoms in total. The second kappa shape index (κ2) is 3.61. The molecule has 0 fully saturated rings. The third kappa shape index (κ3) is 1.88. The van der Waals surface area contributed by atoms with Crippen LogP contribution in [0.25, 0.3) is 0 Å². The Hall–Kier alpha value is -1.71. The first kappa shape index (κ1) is 8.39. The second-order valence-corrected chi connectivity index (χ2v) is 2.24. The van der Waals surface area contributed by atoms with Gasteiger partial charge in [0.2, 0.25) is 5.91 Å². The number of hydrogen-bond donors (Lipinski definition) is 1. The Balaban J connectivity index is 2.96. The number of rotatable bonds is 2. The number of carbonyl (C=O) groups is 2. The standard InChI is InChI=1S/C8H8N2O2/c1-6(12)10-7-3-2-4-9-8(7)5-11/h2-5H,1H3,(H,10,12). The molecular formula is C8H8N2O2. The summed E-state index contributed by atoms with van der Waals surface area (Å²) in [6.07, 6.45) is 2.10. The van der Waals surface area contributed by atoms with E-state index in [1.165, 1.54) is 13.1 Å². The average Bonchev–Trinajstić information content (AvgIpc) is 2.04. The van der Waals surface area contributed by atoms with Crippen LogP contribution in [0.5, 0.6) is 0 Å². The van der Waals surface area contributed by atoms with Gasteiger partial charge < -0.3 is 5.32 Å². The van der Waals surface area contributed by atoms with Crippen LogP contribution in [0.1, 0.15) is 17.4 Å². The van der Waals surface area contributed by atoms with Gasteiger partial charge in [0.05, 0.1) is 5.69 Å². The highest BCUT2D eigenvalue weighted by molar-refractivity contribution is 5.93. The van der Waals surface area contributed by atoms with Crippen molar-refractivity contribution >= 4 is 17.9 Å². The van der Waals surface area contributed by atoms with Crippen molar-refractivity contribution in [1.29, 1.82) is 0 Å². The second-order valence-electron chi connectivity index (χ2n) is 2.24. The average molecular weight is 164 g/mol. The zero-order chi connectivity index (χ0) is 8.97. The van der Waals surface area contributed by atoms with E-state index in [0.29, 0.717) is 12.0 Å². The topological polar surface area (TPSA) is 59.1 Å². The van der Waals surface area contributed by atoms with E-state index in [4.69, 9.17) is 0 Å². The Morgan fingerprint density at radius 1 is 1.67 bits per heavy atom. The molecule has 1 N–H and O–H groups in total. The van der Waals surface area contributed by atoms with E-state index >= 15 is 0 Å². The molecule has 0 atom stereocenters. The maximum Gasteiger partial charge on any atom is 0.221 e. The highest BCUT2D eigenvalue weighted by atomic mass is 16.1. The van der Waals surface area contributed by atoms with Gasteiger partial charge in [-0.2, -0.15) is 0 Å². The lowest BCUT2D eigenvalue weighted by Gasteiger charge is -2.02. The van der Waals surface area contributed by atoms with E-state index in [-0.39, 0.29) is 11.6 Å². The van der Waals surface area contributed by atoms with Crippen molar-refractivity contribution in [2.24, 2.45) is 0 Å². The van der Waals surface area contributed by atoms with Gasteiger partial charge in [-0.25, -0.2) is 0 Å². The minimum Gasteiger partial charge on any atom is -0.324 e. The third-order valence-electron chi connectivity index (χ3n) is 1.26. The summed E-state index contributed by atoms with van der Waals surface area (Å²) in [5, 5.41) is 2.49. The first-order chi connectivity index (χ1) is 5.74. The maximum absolute atomic E-state index is 10.6. The first-order valence-electron chi connectivity index (χ1n) is 3.42. The predicted octanol–water partition coefficient (Wildman–Crippen LogP) is 0.852. The minimum absolute atomic E-state index is 0.217. The van der Waals surface area contributed by atoms with Crippen LogP contribution < -0.4 is 5.32 Å². The van der Waals surface area contributed by atoms with Crippen molar-refractivity contribution in [3.05, 3.63) is 24.0 Å². The number of anilines is 1. The van der Waals surface area contributed by atoms with Crippen LogP contribution in [0, 0.1) is 0 Å². The van der Waals surface area contributed by atoms with Crippen LogP contribution >= 0.6 is 0 Å². The molecule has 0 aliphatic carbocycles. The van der Waals surface area contributed by atoms with Crippen LogP contribution in [0.2, 0.25) is 0 Å². The lowest BCUT2D eigenvalue weighted by molar-refractivity contribution is -0.114. The molecule has 0 unspecified atom stereocenters. The van der Waals surface area contributed by atoms with Crippen LogP contribution in [-0.2, 0) is 4.79 Å². The molecule has 0 aromatic carbocycles. The molecule has 1 rings (SSSR count). The lowest BCUT2D eigenvalue weighted by Crippen LogP contribution is -2.08. The lowest BCUT2D eigenvalue weighted by atomic mass is 10.3. The van der Waals surface area contributed by atoms with Gasteiger partial charge in [0.1, 0.15) is 5.69 Å². The molecule has 4 heteroatoms. The van der Waals surface area contributed by atoms with E-state index in [9.17, 15) is 9.59 Å². The number of hydrogen-bond acceptors (Lipinski definition) is 3. The molecule has 0 bridgehead atoms. The predicted molar refractivity (Wildman–Crippen MR) is 43.9 cm³/mol. The van der Waals surface area contributed by atoms with E-state index < -0.39 is 0 Å². The van der Waals surface area contributed by atoms with Gasteiger partial charge in [-0.15, -0.1) is 0 Å². The maximum atomic E-state index is 10.6. The molecule has 0 saturated heterocycles. The van der Waals surface area contributed by atoms with Gasteiger partial charge in [0.15, 0.2) is 6.29 Å². The number of aldehydes is 1. The van der Waals surface area contributed by atoms with Crippen LogP contribution in [0.4, 0.5) is 5.69 Å². The summed E-state index contributed by atoms with van der Waals surface area (Å²) in [5.74, 6) is -0.217. The highest BCUT2D eigenvalue weighted by Gasteiger charge is 2.01. The Kier molecular flexibility index (Phi) is 2.53. The van der Waals surface area contributed by atoms with Crippen LogP contribution in [0.15, 0.2) is 18.3 Å². The summed E-state index contributed by atoms with van der Waals surface area (Å²) >= 11 is 0. The number of pyridine rings is 1. The molecule has 0 radical (unpaired) electrons. The zero-order valence-electron chi connectivity index (χ0n) is 6.57. The zero-order valence-corrected chi connectivity index (χ0v) is 6.57. The fourth-order valence-electron chi connectivity index (χ4n) is 0.807. The van der Waals surface area contributed by atoms with Crippen molar-refractivity contribution < 1.29 is 9.59 Å². The molecule has 0 aliphatic heterocycles. The van der Waals surface area contributed by atoms with Crippen molar-refractivity contribution in [3.63, 3.8) is 0 Å². The summed E-state index contributed by atoms with van der Waals surface area (Å²) < 4.78 is 0. The number of amides is 1. The molecule has 62 valence electrons. The van der Waals surface area contributed by atoms with E-state index in [1.807, 2.05) is 0 Å². The van der Waals surface area contributed by atoms with Crippen molar-refractivity contribution in [3.8, 4) is 0 Å². The van der Waals surface area contributed by atoms with Crippen LogP contribution in [-0.4, -0.2) is 17.2 Å². The van der Waals surface area contributed by atoms with Gasteiger partial charge in [0, 0.05) is 13.1 Å². The largest absolute Gasteiger partial charge is 0.324 e. The van der Waals surface area contributed by atoms with Gasteiger partial charge in [-0.3, -0.25) is 14.6 Å². The Morgan fingerprint density at radius 2 is 2.42 bits per heavy atom. The van der Waals surface area contributed by atoms with Crippen molar-refractivity contribution in [1.82, 2.24) is 4.98 Å². The van der Waals surface area contributed by atoms with Gasteiger partial charge in [0.25, 0.3) is 0 Å². The van der Waals surface area contributed by atoms with Crippen LogP contribution in [0.3, 0.4) is 0 Å². The number of nitrogens with zero attached hydrogens (tertiary/aromatic N) is 1. The molecule has 1 aromatic heterocycles. The number of nitrogens with one attached hydrogen (secondary N) is 1. The van der Waals surface area contributed by atoms with Crippen molar-refractivity contribution in [2.45, 2.75) is 6.92 Å². The smallest absolute Gasteiger partial charge is 0.221 e. The monoisotopic (exact) mass is 164 g/mol. The highest BCUT2D eigenvalue weighted by Crippen LogP contribution is 2.08. The molecular weight excluding hydrogens is 156 g/mol. The quantitative estimate of drug-likeness (QED) is 0.659. The molecule has 0 saturated carbocycles. The Labute approximate surface area is 69.6 Å². The first-order valence-corrected chi connectivity index (χ1v) is 3.42. The number of aromatic nitrogens is 1. The summed E-state index contributed by atoms with van der Waals surface area (Å²) in [7, 11) is 0. The molecule has 1 heterocycles. The minimum atomic E-state index is -0.217. The molecule has 1 amide bonds. The molecule has 0 aliphatic rings. The molecule has 12 heavy (non-hydrogen) atoms. The van der Waals surface area contributed by atoms with Gasteiger partial charge in [-0.1, -0.05) is 0 Å². The van der Waals surface area contributed by atoms with E-state index in [0.717, 1.165) is 0 Å². The van der Waals surface area contributed by atoms with Gasteiger partial charge in [-0.05, 0) is 12.1 Å². The Morgan fingerprint density at radius 3 is 3.00 bits per heavy atom. The summed E-state index contributed by atoms with van der Waals surface area (Å²) in [5.41, 5.74) is 0.688. The van der Waals surface area contributed by atoms with Gasteiger partial charge >= 0.3 is 0 Å². The number of carbonyl (C=O) groups excluding carboxylic acids is 2. The van der Waals surface area contributed by atoms with E-state index in [2.05, 4.69) is 10.3 Å².